The van der Waals surface area contributed by atoms with Crippen LogP contribution in [0.4, 0.5) is 0 Å². The van der Waals surface area contributed by atoms with Crippen LogP contribution in [0.25, 0.3) is 28.2 Å². The zero-order chi connectivity index (χ0) is 14.8. The zero-order valence-corrected chi connectivity index (χ0v) is 12.3. The predicted octanol–water partition coefficient (Wildman–Crippen LogP) is 5.58. The van der Waals surface area contributed by atoms with Gasteiger partial charge in [0.1, 0.15) is 5.69 Å². The first-order valence-corrected chi connectivity index (χ1v) is 7.73. The average Bonchev–Trinajstić information content (AvgIpc) is 3.26. The number of hydrogen-bond acceptors (Lipinski definition) is 2. The molecule has 0 N–H and O–H groups in total. The van der Waals surface area contributed by atoms with E-state index in [0.717, 1.165) is 41.3 Å². The number of aromatic nitrogens is 1. The van der Waals surface area contributed by atoms with Crippen molar-refractivity contribution in [1.29, 1.82) is 0 Å². The van der Waals surface area contributed by atoms with Gasteiger partial charge in [0.25, 0.3) is 0 Å². The van der Waals surface area contributed by atoms with Crippen LogP contribution in [0.15, 0.2) is 71.2 Å². The van der Waals surface area contributed by atoms with Crippen molar-refractivity contribution in [3.63, 3.8) is 0 Å². The van der Waals surface area contributed by atoms with Crippen LogP contribution in [-0.4, -0.2) is 4.98 Å². The Labute approximate surface area is 130 Å². The van der Waals surface area contributed by atoms with Crippen molar-refractivity contribution in [2.45, 2.75) is 19.3 Å². The lowest BCUT2D eigenvalue weighted by atomic mass is 10.1. The van der Waals surface area contributed by atoms with Crippen LogP contribution in [0.5, 0.6) is 0 Å². The van der Waals surface area contributed by atoms with Gasteiger partial charge in [-0.2, -0.15) is 0 Å². The Kier molecular flexibility index (Phi) is 3.36. The molecule has 0 saturated heterocycles. The molecule has 0 atom stereocenters. The van der Waals surface area contributed by atoms with Gasteiger partial charge in [0.15, 0.2) is 5.76 Å². The Bertz CT molecular complexity index is 743. The maximum Gasteiger partial charge on any atom is 0.222 e. The Morgan fingerprint density at radius 3 is 2.14 bits per heavy atom. The minimum atomic E-state index is 0.773. The van der Waals surface area contributed by atoms with Gasteiger partial charge in [-0.3, -0.25) is 0 Å². The summed E-state index contributed by atoms with van der Waals surface area (Å²) >= 11 is 0. The molecule has 0 aliphatic heterocycles. The second-order valence-corrected chi connectivity index (χ2v) is 5.55. The first-order chi connectivity index (χ1) is 10.9. The van der Waals surface area contributed by atoms with Crippen molar-refractivity contribution in [3.8, 4) is 22.6 Å². The van der Waals surface area contributed by atoms with Crippen LogP contribution < -0.4 is 0 Å². The largest absolute Gasteiger partial charge is 0.436 e. The molecule has 1 aliphatic rings. The van der Waals surface area contributed by atoms with Crippen LogP contribution in [0.3, 0.4) is 0 Å². The van der Waals surface area contributed by atoms with Crippen molar-refractivity contribution in [3.05, 3.63) is 72.6 Å². The third-order valence-electron chi connectivity index (χ3n) is 4.03. The molecular formula is C20H17NO. The number of rotatable bonds is 3. The Morgan fingerprint density at radius 1 is 0.818 bits per heavy atom. The van der Waals surface area contributed by atoms with Crippen molar-refractivity contribution in [2.75, 3.05) is 0 Å². The molecule has 2 nitrogen and oxygen atoms in total. The number of benzene rings is 2. The highest BCUT2D eigenvalue weighted by atomic mass is 16.4. The summed E-state index contributed by atoms with van der Waals surface area (Å²) in [6.45, 7) is 0. The fraction of sp³-hybridized carbons (Fsp3) is 0.150. The Morgan fingerprint density at radius 2 is 1.50 bits per heavy atom. The summed E-state index contributed by atoms with van der Waals surface area (Å²) in [6.07, 6.45) is 5.62. The van der Waals surface area contributed by atoms with Gasteiger partial charge >= 0.3 is 0 Å². The van der Waals surface area contributed by atoms with Gasteiger partial charge in [-0.25, -0.2) is 4.98 Å². The predicted molar refractivity (Wildman–Crippen MR) is 89.2 cm³/mol. The molecule has 0 bridgehead atoms. The van der Waals surface area contributed by atoms with Gasteiger partial charge in [-0.1, -0.05) is 66.7 Å². The van der Waals surface area contributed by atoms with E-state index in [-0.39, 0.29) is 0 Å². The maximum absolute atomic E-state index is 6.16. The van der Waals surface area contributed by atoms with Crippen LogP contribution in [0.1, 0.15) is 25.2 Å². The molecule has 0 spiro atoms. The van der Waals surface area contributed by atoms with E-state index in [9.17, 15) is 0 Å². The lowest BCUT2D eigenvalue weighted by molar-refractivity contribution is 0.553. The highest BCUT2D eigenvalue weighted by Gasteiger charge is 2.20. The van der Waals surface area contributed by atoms with Gasteiger partial charge < -0.3 is 4.42 Å². The van der Waals surface area contributed by atoms with Crippen LogP contribution >= 0.6 is 0 Å². The molecule has 0 unspecified atom stereocenters. The molecule has 3 aromatic rings. The van der Waals surface area contributed by atoms with E-state index in [1.165, 1.54) is 12.0 Å². The van der Waals surface area contributed by atoms with E-state index < -0.39 is 0 Å². The summed E-state index contributed by atoms with van der Waals surface area (Å²) in [5.41, 5.74) is 4.32. The van der Waals surface area contributed by atoms with E-state index in [0.29, 0.717) is 0 Å². The topological polar surface area (TPSA) is 26.0 Å². The molecule has 0 radical (unpaired) electrons. The summed E-state index contributed by atoms with van der Waals surface area (Å²) < 4.78 is 6.16. The third kappa shape index (κ3) is 2.37. The van der Waals surface area contributed by atoms with Crippen LogP contribution in [0.2, 0.25) is 0 Å². The van der Waals surface area contributed by atoms with E-state index >= 15 is 0 Å². The number of nitrogens with zero attached hydrogens (tertiary/aromatic N) is 1. The van der Waals surface area contributed by atoms with E-state index in [1.807, 2.05) is 36.4 Å². The normalized spacial score (nSPS) is 14.1. The zero-order valence-electron chi connectivity index (χ0n) is 12.3. The summed E-state index contributed by atoms with van der Waals surface area (Å²) in [5.74, 6) is 1.63. The summed E-state index contributed by atoms with van der Waals surface area (Å²) in [4.78, 5) is 4.80. The molecule has 108 valence electrons. The van der Waals surface area contributed by atoms with Crippen molar-refractivity contribution in [1.82, 2.24) is 4.98 Å². The summed E-state index contributed by atoms with van der Waals surface area (Å²) in [7, 11) is 0. The first kappa shape index (κ1) is 13.1. The second-order valence-electron chi connectivity index (χ2n) is 5.55. The van der Waals surface area contributed by atoms with Gasteiger partial charge in [0, 0.05) is 16.7 Å². The van der Waals surface area contributed by atoms with Crippen LogP contribution in [-0.2, 0) is 0 Å². The molecular weight excluding hydrogens is 270 g/mol. The average molecular weight is 287 g/mol. The quantitative estimate of drug-likeness (QED) is 0.629. The Balaban J connectivity index is 1.88. The van der Waals surface area contributed by atoms with Gasteiger partial charge in [0.05, 0.1) is 0 Å². The second kappa shape index (κ2) is 5.64. The van der Waals surface area contributed by atoms with Gasteiger partial charge in [-0.15, -0.1) is 0 Å². The fourth-order valence-electron chi connectivity index (χ4n) is 2.90. The van der Waals surface area contributed by atoms with Gasteiger partial charge in [0.2, 0.25) is 5.89 Å². The Hall–Kier alpha value is -2.61. The molecule has 0 saturated carbocycles. The van der Waals surface area contributed by atoms with Crippen LogP contribution in [0, 0.1) is 0 Å². The SMILES string of the molecule is C1=C(c2nc(-c3ccccc3)c(-c3ccccc3)o2)CCC1. The van der Waals surface area contributed by atoms with E-state index in [4.69, 9.17) is 9.40 Å². The van der Waals surface area contributed by atoms with Gasteiger partial charge in [-0.05, 0) is 19.3 Å². The van der Waals surface area contributed by atoms with Crippen molar-refractivity contribution < 1.29 is 4.42 Å². The molecule has 2 heteroatoms. The molecule has 0 fully saturated rings. The van der Waals surface area contributed by atoms with E-state index in [2.05, 4.69) is 30.3 Å². The minimum absolute atomic E-state index is 0.773. The lowest BCUT2D eigenvalue weighted by Gasteiger charge is -2.00. The number of allylic oxidation sites excluding steroid dienone is 2. The number of hydrogen-bond donors (Lipinski definition) is 0. The molecule has 1 aromatic heterocycles. The molecule has 22 heavy (non-hydrogen) atoms. The molecule has 1 aliphatic carbocycles. The minimum Gasteiger partial charge on any atom is -0.436 e. The monoisotopic (exact) mass is 287 g/mol. The maximum atomic E-state index is 6.16. The molecule has 2 aromatic carbocycles. The van der Waals surface area contributed by atoms with E-state index in [1.54, 1.807) is 0 Å². The standard InChI is InChI=1S/C20H17NO/c1-3-9-15(10-4-1)18-19(16-11-5-2-6-12-16)22-20(21-18)17-13-7-8-14-17/h1-6,9-13H,7-8,14H2. The third-order valence-corrected chi connectivity index (χ3v) is 4.03. The highest BCUT2D eigenvalue weighted by molar-refractivity contribution is 5.78. The molecule has 1 heterocycles. The smallest absolute Gasteiger partial charge is 0.222 e. The molecule has 4 rings (SSSR count). The van der Waals surface area contributed by atoms with Crippen molar-refractivity contribution >= 4 is 5.57 Å². The first-order valence-electron chi connectivity index (χ1n) is 7.73. The number of oxazole rings is 1. The summed E-state index contributed by atoms with van der Waals surface area (Å²) in [6, 6.07) is 20.5. The highest BCUT2D eigenvalue weighted by Crippen LogP contribution is 2.36. The van der Waals surface area contributed by atoms with Crippen molar-refractivity contribution in [2.24, 2.45) is 0 Å². The lowest BCUT2D eigenvalue weighted by Crippen LogP contribution is -1.83. The molecule has 0 amide bonds. The fourth-order valence-corrected chi connectivity index (χ4v) is 2.90. The summed E-state index contributed by atoms with van der Waals surface area (Å²) in [5, 5.41) is 0.